The lowest BCUT2D eigenvalue weighted by molar-refractivity contribution is 0.503. The predicted octanol–water partition coefficient (Wildman–Crippen LogP) is 3.40. The molecule has 0 bridgehead atoms. The molecule has 2 nitrogen and oxygen atoms in total. The summed E-state index contributed by atoms with van der Waals surface area (Å²) >= 11 is 5.92. The SMILES string of the molecule is CCCCN(C)S(=O)c1cc(Cl)ccc1C. The first-order valence-electron chi connectivity index (χ1n) is 5.45. The summed E-state index contributed by atoms with van der Waals surface area (Å²) in [6.07, 6.45) is 2.16. The highest BCUT2D eigenvalue weighted by atomic mass is 35.5. The summed E-state index contributed by atoms with van der Waals surface area (Å²) < 4.78 is 14.1. The lowest BCUT2D eigenvalue weighted by atomic mass is 10.2. The number of hydrogen-bond donors (Lipinski definition) is 0. The normalized spacial score (nSPS) is 13.1. The monoisotopic (exact) mass is 259 g/mol. The van der Waals surface area contributed by atoms with Crippen molar-refractivity contribution < 1.29 is 4.21 Å². The van der Waals surface area contributed by atoms with E-state index in [1.165, 1.54) is 0 Å². The molecule has 0 radical (unpaired) electrons. The molecule has 0 N–H and O–H groups in total. The zero-order valence-corrected chi connectivity index (χ0v) is 11.6. The molecule has 0 saturated heterocycles. The Bertz CT molecular complexity index is 381. The van der Waals surface area contributed by atoms with E-state index in [2.05, 4.69) is 6.92 Å². The Morgan fingerprint density at radius 1 is 1.44 bits per heavy atom. The number of rotatable bonds is 5. The van der Waals surface area contributed by atoms with Gasteiger partial charge in [-0.15, -0.1) is 0 Å². The summed E-state index contributed by atoms with van der Waals surface area (Å²) in [7, 11) is 0.778. The van der Waals surface area contributed by atoms with E-state index in [9.17, 15) is 4.21 Å². The minimum Gasteiger partial charge on any atom is -0.237 e. The van der Waals surface area contributed by atoms with E-state index in [4.69, 9.17) is 11.6 Å². The van der Waals surface area contributed by atoms with Gasteiger partial charge in [-0.1, -0.05) is 31.0 Å². The van der Waals surface area contributed by atoms with E-state index in [0.717, 1.165) is 29.8 Å². The molecule has 90 valence electrons. The Morgan fingerprint density at radius 2 is 2.12 bits per heavy atom. The smallest absolute Gasteiger partial charge is 0.127 e. The van der Waals surface area contributed by atoms with Crippen molar-refractivity contribution in [3.05, 3.63) is 28.8 Å². The van der Waals surface area contributed by atoms with E-state index >= 15 is 0 Å². The first-order valence-corrected chi connectivity index (χ1v) is 6.94. The van der Waals surface area contributed by atoms with Gasteiger partial charge in [0.25, 0.3) is 0 Å². The van der Waals surface area contributed by atoms with Crippen LogP contribution in [0.1, 0.15) is 25.3 Å². The molecular weight excluding hydrogens is 242 g/mol. The average molecular weight is 260 g/mol. The summed E-state index contributed by atoms with van der Waals surface area (Å²) in [6, 6.07) is 5.52. The van der Waals surface area contributed by atoms with E-state index in [0.29, 0.717) is 5.02 Å². The summed E-state index contributed by atoms with van der Waals surface area (Å²) in [6.45, 7) is 4.92. The number of unbranched alkanes of at least 4 members (excludes halogenated alkanes) is 1. The maximum Gasteiger partial charge on any atom is 0.127 e. The van der Waals surface area contributed by atoms with Crippen LogP contribution in [-0.4, -0.2) is 22.1 Å². The van der Waals surface area contributed by atoms with Gasteiger partial charge in [0.1, 0.15) is 11.0 Å². The van der Waals surface area contributed by atoms with Crippen LogP contribution in [0.2, 0.25) is 5.02 Å². The second-order valence-corrected chi connectivity index (χ2v) is 5.86. The van der Waals surface area contributed by atoms with Gasteiger partial charge in [-0.25, -0.2) is 8.51 Å². The second-order valence-electron chi connectivity index (χ2n) is 3.86. The highest BCUT2D eigenvalue weighted by molar-refractivity contribution is 7.82. The number of hydrogen-bond acceptors (Lipinski definition) is 1. The van der Waals surface area contributed by atoms with Gasteiger partial charge < -0.3 is 0 Å². The van der Waals surface area contributed by atoms with Crippen LogP contribution < -0.4 is 0 Å². The Balaban J connectivity index is 2.83. The zero-order valence-electron chi connectivity index (χ0n) is 10.00. The van der Waals surface area contributed by atoms with Crippen molar-refractivity contribution in [1.29, 1.82) is 0 Å². The number of nitrogens with zero attached hydrogens (tertiary/aromatic N) is 1. The Labute approximate surface area is 105 Å². The van der Waals surface area contributed by atoms with Gasteiger partial charge in [0, 0.05) is 18.6 Å². The fourth-order valence-electron chi connectivity index (χ4n) is 1.39. The number of halogens is 1. The molecule has 1 atom stereocenters. The molecule has 0 saturated carbocycles. The van der Waals surface area contributed by atoms with Crippen LogP contribution in [0.5, 0.6) is 0 Å². The quantitative estimate of drug-likeness (QED) is 0.794. The Kier molecular flexibility index (Phi) is 5.46. The van der Waals surface area contributed by atoms with E-state index in [1.54, 1.807) is 6.07 Å². The summed E-state index contributed by atoms with van der Waals surface area (Å²) in [4.78, 5) is 0.811. The fraction of sp³-hybridized carbons (Fsp3) is 0.500. The highest BCUT2D eigenvalue weighted by Crippen LogP contribution is 2.20. The lowest BCUT2D eigenvalue weighted by Gasteiger charge is -2.16. The molecule has 0 aliphatic carbocycles. The molecule has 0 aliphatic rings. The molecule has 1 unspecified atom stereocenters. The van der Waals surface area contributed by atoms with Gasteiger partial charge in [-0.2, -0.15) is 0 Å². The number of benzene rings is 1. The van der Waals surface area contributed by atoms with Crippen LogP contribution >= 0.6 is 11.6 Å². The van der Waals surface area contributed by atoms with Crippen molar-refractivity contribution in [3.63, 3.8) is 0 Å². The maximum absolute atomic E-state index is 12.2. The third kappa shape index (κ3) is 3.58. The fourth-order valence-corrected chi connectivity index (χ4v) is 2.83. The van der Waals surface area contributed by atoms with Crippen LogP contribution in [0.15, 0.2) is 23.1 Å². The first kappa shape index (κ1) is 13.7. The Hall–Kier alpha value is -0.380. The lowest BCUT2D eigenvalue weighted by Crippen LogP contribution is -2.22. The largest absolute Gasteiger partial charge is 0.237 e. The van der Waals surface area contributed by atoms with Crippen molar-refractivity contribution in [2.45, 2.75) is 31.6 Å². The predicted molar refractivity (Wildman–Crippen MR) is 70.1 cm³/mol. The van der Waals surface area contributed by atoms with Crippen LogP contribution in [0.3, 0.4) is 0 Å². The van der Waals surface area contributed by atoms with Crippen molar-refractivity contribution in [3.8, 4) is 0 Å². The van der Waals surface area contributed by atoms with E-state index in [-0.39, 0.29) is 0 Å². The van der Waals surface area contributed by atoms with Crippen LogP contribution in [0.4, 0.5) is 0 Å². The zero-order chi connectivity index (χ0) is 12.1. The minimum atomic E-state index is -1.10. The van der Waals surface area contributed by atoms with E-state index < -0.39 is 11.0 Å². The summed E-state index contributed by atoms with van der Waals surface area (Å²) in [5, 5.41) is 0.637. The van der Waals surface area contributed by atoms with Crippen molar-refractivity contribution in [2.75, 3.05) is 13.6 Å². The first-order chi connectivity index (χ1) is 7.56. The van der Waals surface area contributed by atoms with Crippen LogP contribution in [0, 0.1) is 6.92 Å². The number of aryl methyl sites for hydroxylation is 1. The van der Waals surface area contributed by atoms with E-state index in [1.807, 2.05) is 30.4 Å². The van der Waals surface area contributed by atoms with Gasteiger partial charge in [-0.3, -0.25) is 0 Å². The molecule has 0 aliphatic heterocycles. The third-order valence-electron chi connectivity index (χ3n) is 2.45. The van der Waals surface area contributed by atoms with Crippen molar-refractivity contribution in [1.82, 2.24) is 4.31 Å². The molecular formula is C12H18ClNOS. The summed E-state index contributed by atoms with van der Waals surface area (Å²) in [5.41, 5.74) is 1.02. The standard InChI is InChI=1S/C12H18ClNOS/c1-4-5-8-14(3)16(15)12-9-11(13)7-6-10(12)2/h6-7,9H,4-5,8H2,1-3H3. The average Bonchev–Trinajstić information content (AvgIpc) is 2.28. The molecule has 0 amide bonds. The molecule has 0 fully saturated rings. The van der Waals surface area contributed by atoms with Crippen molar-refractivity contribution >= 4 is 22.6 Å². The minimum absolute atomic E-state index is 0.637. The topological polar surface area (TPSA) is 20.3 Å². The molecule has 16 heavy (non-hydrogen) atoms. The summed E-state index contributed by atoms with van der Waals surface area (Å²) in [5.74, 6) is 0. The molecule has 0 aromatic heterocycles. The van der Waals surface area contributed by atoms with Gasteiger partial charge in [0.2, 0.25) is 0 Å². The highest BCUT2D eigenvalue weighted by Gasteiger charge is 2.12. The van der Waals surface area contributed by atoms with Gasteiger partial charge in [0.15, 0.2) is 0 Å². The van der Waals surface area contributed by atoms with Gasteiger partial charge in [0.05, 0.1) is 4.90 Å². The molecule has 4 heteroatoms. The van der Waals surface area contributed by atoms with Gasteiger partial charge >= 0.3 is 0 Å². The Morgan fingerprint density at radius 3 is 2.75 bits per heavy atom. The van der Waals surface area contributed by atoms with Crippen molar-refractivity contribution in [2.24, 2.45) is 0 Å². The van der Waals surface area contributed by atoms with Crippen LogP contribution in [-0.2, 0) is 11.0 Å². The molecule has 0 spiro atoms. The molecule has 0 heterocycles. The third-order valence-corrected chi connectivity index (χ3v) is 4.25. The molecule has 1 aromatic rings. The van der Waals surface area contributed by atoms with Gasteiger partial charge in [-0.05, 0) is 31.0 Å². The van der Waals surface area contributed by atoms with Crippen LogP contribution in [0.25, 0.3) is 0 Å². The second kappa shape index (κ2) is 6.38. The molecule has 1 rings (SSSR count). The molecule has 1 aromatic carbocycles. The maximum atomic E-state index is 12.2.